The van der Waals surface area contributed by atoms with E-state index in [2.05, 4.69) is 10.4 Å². The lowest BCUT2D eigenvalue weighted by atomic mass is 9.87. The molecule has 0 radical (unpaired) electrons. The van der Waals surface area contributed by atoms with E-state index in [9.17, 15) is 14.0 Å². The molecule has 1 heterocycles. The van der Waals surface area contributed by atoms with Crippen molar-refractivity contribution in [1.29, 1.82) is 0 Å². The van der Waals surface area contributed by atoms with E-state index in [1.54, 1.807) is 31.2 Å². The molecule has 1 aliphatic heterocycles. The summed E-state index contributed by atoms with van der Waals surface area (Å²) in [6.45, 7) is 1.80. The van der Waals surface area contributed by atoms with E-state index in [4.69, 9.17) is 11.6 Å². The normalized spacial score (nSPS) is 20.4. The summed E-state index contributed by atoms with van der Waals surface area (Å²) >= 11 is 5.93. The second-order valence-corrected chi connectivity index (χ2v) is 5.96. The van der Waals surface area contributed by atoms with Crippen molar-refractivity contribution in [3.05, 3.63) is 70.5 Å². The number of imide groups is 1. The predicted octanol–water partition coefficient (Wildman–Crippen LogP) is 3.67. The molecule has 0 bridgehead atoms. The Kier molecular flexibility index (Phi) is 4.55. The van der Waals surface area contributed by atoms with E-state index in [1.165, 1.54) is 18.2 Å². The lowest BCUT2D eigenvalue weighted by molar-refractivity contribution is -0.131. The SMILES string of the molecule is CC[C@@]1(c2ccccc2)NC(=O)N(/N=C\c2c(F)cccc2Cl)C1=O. The molecular formula is C18H15ClFN3O2. The summed E-state index contributed by atoms with van der Waals surface area (Å²) in [5.74, 6) is -1.11. The minimum atomic E-state index is -1.19. The fourth-order valence-corrected chi connectivity index (χ4v) is 2.99. The quantitative estimate of drug-likeness (QED) is 0.668. The number of hydrogen-bond acceptors (Lipinski definition) is 3. The number of hydrogen-bond donors (Lipinski definition) is 1. The van der Waals surface area contributed by atoms with Gasteiger partial charge in [-0.15, -0.1) is 5.01 Å². The van der Waals surface area contributed by atoms with Crippen LogP contribution in [0.4, 0.5) is 9.18 Å². The Balaban J connectivity index is 1.95. The molecule has 0 spiro atoms. The topological polar surface area (TPSA) is 61.8 Å². The van der Waals surface area contributed by atoms with Gasteiger partial charge < -0.3 is 5.32 Å². The molecule has 25 heavy (non-hydrogen) atoms. The molecule has 0 aromatic heterocycles. The van der Waals surface area contributed by atoms with Crippen LogP contribution < -0.4 is 5.32 Å². The Bertz CT molecular complexity index is 836. The second-order valence-electron chi connectivity index (χ2n) is 5.55. The zero-order chi connectivity index (χ0) is 18.0. The molecule has 2 aromatic carbocycles. The van der Waals surface area contributed by atoms with E-state index in [0.717, 1.165) is 6.21 Å². The van der Waals surface area contributed by atoms with E-state index < -0.39 is 23.3 Å². The van der Waals surface area contributed by atoms with Crippen molar-refractivity contribution in [2.45, 2.75) is 18.9 Å². The largest absolute Gasteiger partial charge is 0.346 e. The van der Waals surface area contributed by atoms with Crippen molar-refractivity contribution in [3.63, 3.8) is 0 Å². The summed E-state index contributed by atoms with van der Waals surface area (Å²) in [6, 6.07) is 12.4. The molecule has 7 heteroatoms. The summed E-state index contributed by atoms with van der Waals surface area (Å²) in [5.41, 5.74) is -0.509. The first kappa shape index (κ1) is 17.1. The van der Waals surface area contributed by atoms with Gasteiger partial charge in [0.05, 0.1) is 11.2 Å². The van der Waals surface area contributed by atoms with Crippen LogP contribution in [0.3, 0.4) is 0 Å². The Labute approximate surface area is 149 Å². The minimum Gasteiger partial charge on any atom is -0.318 e. The Morgan fingerprint density at radius 3 is 2.56 bits per heavy atom. The number of amides is 3. The van der Waals surface area contributed by atoms with E-state index in [-0.39, 0.29) is 10.6 Å². The summed E-state index contributed by atoms with van der Waals surface area (Å²) < 4.78 is 13.8. The van der Waals surface area contributed by atoms with Gasteiger partial charge in [-0.05, 0) is 24.1 Å². The molecule has 3 amide bonds. The molecule has 0 unspecified atom stereocenters. The van der Waals surface area contributed by atoms with Gasteiger partial charge in [0.25, 0.3) is 5.91 Å². The molecule has 1 N–H and O–H groups in total. The average Bonchev–Trinajstić information content (AvgIpc) is 2.87. The highest BCUT2D eigenvalue weighted by Crippen LogP contribution is 2.32. The summed E-state index contributed by atoms with van der Waals surface area (Å²) in [6.07, 6.45) is 1.43. The zero-order valence-corrected chi connectivity index (χ0v) is 14.1. The molecule has 1 fully saturated rings. The van der Waals surface area contributed by atoms with Crippen LogP contribution in [0.2, 0.25) is 5.02 Å². The van der Waals surface area contributed by atoms with Crippen molar-refractivity contribution in [1.82, 2.24) is 10.3 Å². The molecular weight excluding hydrogens is 345 g/mol. The van der Waals surface area contributed by atoms with E-state index in [0.29, 0.717) is 17.0 Å². The van der Waals surface area contributed by atoms with Crippen LogP contribution in [-0.2, 0) is 10.3 Å². The fourth-order valence-electron chi connectivity index (χ4n) is 2.78. The molecule has 5 nitrogen and oxygen atoms in total. The molecule has 1 aliphatic rings. The molecule has 3 rings (SSSR count). The monoisotopic (exact) mass is 359 g/mol. The van der Waals surface area contributed by atoms with Crippen LogP contribution in [0.15, 0.2) is 53.6 Å². The van der Waals surface area contributed by atoms with Crippen molar-refractivity contribution in [3.8, 4) is 0 Å². The van der Waals surface area contributed by atoms with Crippen molar-refractivity contribution < 1.29 is 14.0 Å². The van der Waals surface area contributed by atoms with Gasteiger partial charge in [0.15, 0.2) is 0 Å². The molecule has 2 aromatic rings. The van der Waals surface area contributed by atoms with Crippen molar-refractivity contribution in [2.24, 2.45) is 5.10 Å². The fraction of sp³-hybridized carbons (Fsp3) is 0.167. The summed E-state index contributed by atoms with van der Waals surface area (Å²) in [4.78, 5) is 25.1. The number of nitrogens with one attached hydrogen (secondary N) is 1. The highest BCUT2D eigenvalue weighted by atomic mass is 35.5. The van der Waals surface area contributed by atoms with E-state index >= 15 is 0 Å². The van der Waals surface area contributed by atoms with Gasteiger partial charge in [0, 0.05) is 5.56 Å². The van der Waals surface area contributed by atoms with Gasteiger partial charge in [-0.1, -0.05) is 54.9 Å². The molecule has 0 saturated carbocycles. The Morgan fingerprint density at radius 2 is 1.92 bits per heavy atom. The Morgan fingerprint density at radius 1 is 1.20 bits per heavy atom. The van der Waals surface area contributed by atoms with Crippen molar-refractivity contribution >= 4 is 29.8 Å². The predicted molar refractivity (Wildman–Crippen MR) is 92.8 cm³/mol. The van der Waals surface area contributed by atoms with Crippen LogP contribution in [0, 0.1) is 5.82 Å². The van der Waals surface area contributed by atoms with Crippen LogP contribution >= 0.6 is 11.6 Å². The number of benzene rings is 2. The third-order valence-corrected chi connectivity index (χ3v) is 4.50. The van der Waals surface area contributed by atoms with Gasteiger partial charge in [-0.25, -0.2) is 9.18 Å². The van der Waals surface area contributed by atoms with Crippen LogP contribution in [0.5, 0.6) is 0 Å². The number of halogens is 2. The first-order valence-corrected chi connectivity index (χ1v) is 8.07. The van der Waals surface area contributed by atoms with Gasteiger partial charge >= 0.3 is 6.03 Å². The first-order chi connectivity index (χ1) is 12.0. The van der Waals surface area contributed by atoms with Crippen LogP contribution in [0.1, 0.15) is 24.5 Å². The minimum absolute atomic E-state index is 0.0125. The average molecular weight is 360 g/mol. The number of nitrogens with zero attached hydrogens (tertiary/aromatic N) is 2. The number of urea groups is 1. The maximum atomic E-state index is 13.8. The van der Waals surface area contributed by atoms with Crippen LogP contribution in [-0.4, -0.2) is 23.2 Å². The number of rotatable bonds is 4. The zero-order valence-electron chi connectivity index (χ0n) is 13.4. The standard InChI is InChI=1S/C18H15ClFN3O2/c1-2-18(12-7-4-3-5-8-12)16(24)23(17(25)22-18)21-11-13-14(19)9-6-10-15(13)20/h3-11H,2H2,1H3,(H,22,25)/b21-11-/t18-/m0/s1. The third kappa shape index (κ3) is 2.89. The third-order valence-electron chi connectivity index (χ3n) is 4.17. The second kappa shape index (κ2) is 6.64. The maximum absolute atomic E-state index is 13.8. The molecule has 1 atom stereocenters. The van der Waals surface area contributed by atoms with Gasteiger partial charge in [0.1, 0.15) is 11.4 Å². The smallest absolute Gasteiger partial charge is 0.318 e. The Hall–Kier alpha value is -2.73. The molecule has 1 saturated heterocycles. The highest BCUT2D eigenvalue weighted by Gasteiger charge is 2.51. The molecule has 0 aliphatic carbocycles. The molecule has 128 valence electrons. The lowest BCUT2D eigenvalue weighted by Gasteiger charge is -2.24. The highest BCUT2D eigenvalue weighted by molar-refractivity contribution is 6.33. The van der Waals surface area contributed by atoms with Gasteiger partial charge in [-0.3, -0.25) is 4.79 Å². The number of hydrazone groups is 1. The summed E-state index contributed by atoms with van der Waals surface area (Å²) in [7, 11) is 0. The summed E-state index contributed by atoms with van der Waals surface area (Å²) in [5, 5.41) is 7.41. The maximum Gasteiger partial charge on any atom is 0.346 e. The van der Waals surface area contributed by atoms with E-state index in [1.807, 2.05) is 6.07 Å². The number of carbonyl (C=O) groups is 2. The first-order valence-electron chi connectivity index (χ1n) is 7.70. The van der Waals surface area contributed by atoms with Gasteiger partial charge in [0.2, 0.25) is 0 Å². The van der Waals surface area contributed by atoms with Crippen molar-refractivity contribution in [2.75, 3.05) is 0 Å². The van der Waals surface area contributed by atoms with Crippen LogP contribution in [0.25, 0.3) is 0 Å². The lowest BCUT2D eigenvalue weighted by Crippen LogP contribution is -2.43. The number of carbonyl (C=O) groups excluding carboxylic acids is 2. The van der Waals surface area contributed by atoms with Gasteiger partial charge in [-0.2, -0.15) is 5.10 Å².